The van der Waals surface area contributed by atoms with Crippen LogP contribution in [0.15, 0.2) is 23.6 Å². The molecule has 0 saturated heterocycles. The Morgan fingerprint density at radius 1 is 1.70 bits per heavy atom. The van der Waals surface area contributed by atoms with Crippen LogP contribution in [0, 0.1) is 0 Å². The largest absolute Gasteiger partial charge is 0.211 e. The molecular formula is C8H11FS. The van der Waals surface area contributed by atoms with Gasteiger partial charge in [0, 0.05) is 12.2 Å². The highest BCUT2D eigenvalue weighted by Crippen LogP contribution is 2.21. The maximum absolute atomic E-state index is 12.9. The second-order valence-corrected chi connectivity index (χ2v) is 3.17. The Bertz CT molecular complexity index is 170. The molecule has 0 atom stereocenters. The molecule has 0 aromatic heterocycles. The van der Waals surface area contributed by atoms with Gasteiger partial charge in [0.25, 0.3) is 0 Å². The summed E-state index contributed by atoms with van der Waals surface area (Å²) in [6, 6.07) is 0. The zero-order valence-corrected chi connectivity index (χ0v) is 6.88. The summed E-state index contributed by atoms with van der Waals surface area (Å²) in [5.41, 5.74) is 0.874. The molecular weight excluding hydrogens is 147 g/mol. The molecule has 2 heteroatoms. The van der Waals surface area contributed by atoms with E-state index in [0.717, 1.165) is 17.7 Å². The summed E-state index contributed by atoms with van der Waals surface area (Å²) in [6.07, 6.45) is 7.39. The molecule has 1 aliphatic rings. The van der Waals surface area contributed by atoms with Gasteiger partial charge in [-0.25, -0.2) is 4.39 Å². The monoisotopic (exact) mass is 158 g/mol. The lowest BCUT2D eigenvalue weighted by Gasteiger charge is -2.06. The van der Waals surface area contributed by atoms with E-state index in [4.69, 9.17) is 0 Å². The van der Waals surface area contributed by atoms with Crippen LogP contribution in [-0.4, -0.2) is 12.0 Å². The van der Waals surface area contributed by atoms with Crippen molar-refractivity contribution in [1.29, 1.82) is 0 Å². The van der Waals surface area contributed by atoms with E-state index in [1.165, 1.54) is 0 Å². The topological polar surface area (TPSA) is 0 Å². The Hall–Kier alpha value is -0.240. The second kappa shape index (κ2) is 3.81. The summed E-state index contributed by atoms with van der Waals surface area (Å²) in [5, 5.41) is 0. The van der Waals surface area contributed by atoms with Gasteiger partial charge in [-0.15, -0.1) is 0 Å². The van der Waals surface area contributed by atoms with E-state index in [9.17, 15) is 4.39 Å². The van der Waals surface area contributed by atoms with E-state index in [1.54, 1.807) is 11.8 Å². The van der Waals surface area contributed by atoms with Crippen molar-refractivity contribution in [3.05, 3.63) is 23.6 Å². The van der Waals surface area contributed by atoms with Crippen LogP contribution in [0.5, 0.6) is 0 Å². The quantitative estimate of drug-likeness (QED) is 0.595. The average Bonchev–Trinajstić information content (AvgIpc) is 1.94. The summed E-state index contributed by atoms with van der Waals surface area (Å²) in [5.74, 6) is 0.888. The minimum atomic E-state index is 0.0804. The molecule has 0 heterocycles. The van der Waals surface area contributed by atoms with Crippen molar-refractivity contribution < 1.29 is 4.39 Å². The molecule has 0 amide bonds. The second-order valence-electron chi connectivity index (χ2n) is 2.30. The van der Waals surface area contributed by atoms with E-state index in [-0.39, 0.29) is 5.83 Å². The van der Waals surface area contributed by atoms with Gasteiger partial charge in [0.2, 0.25) is 0 Å². The van der Waals surface area contributed by atoms with E-state index in [0.29, 0.717) is 6.42 Å². The van der Waals surface area contributed by atoms with E-state index < -0.39 is 0 Å². The van der Waals surface area contributed by atoms with Gasteiger partial charge < -0.3 is 0 Å². The van der Waals surface area contributed by atoms with Crippen molar-refractivity contribution in [2.24, 2.45) is 0 Å². The van der Waals surface area contributed by atoms with Gasteiger partial charge in [-0.2, -0.15) is 11.8 Å². The van der Waals surface area contributed by atoms with Crippen LogP contribution in [0.25, 0.3) is 0 Å². The van der Waals surface area contributed by atoms with Gasteiger partial charge in [-0.3, -0.25) is 0 Å². The molecule has 0 nitrogen and oxygen atoms in total. The maximum atomic E-state index is 12.9. The van der Waals surface area contributed by atoms with Crippen LogP contribution >= 0.6 is 11.8 Å². The van der Waals surface area contributed by atoms with Gasteiger partial charge in [-0.05, 0) is 18.2 Å². The normalized spacial score (nSPS) is 18.2. The third-order valence-corrected chi connectivity index (χ3v) is 2.10. The number of hydrogen-bond acceptors (Lipinski definition) is 1. The minimum Gasteiger partial charge on any atom is -0.211 e. The van der Waals surface area contributed by atoms with Gasteiger partial charge in [0.15, 0.2) is 0 Å². The Kier molecular flexibility index (Phi) is 3.00. The van der Waals surface area contributed by atoms with E-state index >= 15 is 0 Å². The zero-order valence-electron chi connectivity index (χ0n) is 6.06. The molecule has 0 saturated carbocycles. The molecule has 1 rings (SSSR count). The van der Waals surface area contributed by atoms with Gasteiger partial charge in [0.05, 0.1) is 0 Å². The van der Waals surface area contributed by atoms with Crippen molar-refractivity contribution in [3.63, 3.8) is 0 Å². The summed E-state index contributed by atoms with van der Waals surface area (Å²) >= 11 is 1.66. The summed E-state index contributed by atoms with van der Waals surface area (Å²) in [6.45, 7) is 0. The lowest BCUT2D eigenvalue weighted by atomic mass is 10.1. The first-order chi connectivity index (χ1) is 4.84. The number of halogens is 1. The Labute approximate surface area is 65.2 Å². The van der Waals surface area contributed by atoms with Crippen molar-refractivity contribution >= 4 is 11.8 Å². The van der Waals surface area contributed by atoms with E-state index in [1.807, 2.05) is 18.4 Å². The van der Waals surface area contributed by atoms with Crippen LogP contribution in [0.3, 0.4) is 0 Å². The molecule has 0 bridgehead atoms. The first kappa shape index (κ1) is 7.86. The first-order valence-corrected chi connectivity index (χ1v) is 4.77. The minimum absolute atomic E-state index is 0.0804. The standard InChI is InChI=1S/C8H11FS/c1-10-6-7-4-2-3-5-8(7)9/h2,4H,3,5-6H2,1H3. The van der Waals surface area contributed by atoms with Gasteiger partial charge >= 0.3 is 0 Å². The van der Waals surface area contributed by atoms with Crippen molar-refractivity contribution in [2.45, 2.75) is 12.8 Å². The highest BCUT2D eigenvalue weighted by atomic mass is 32.2. The van der Waals surface area contributed by atoms with Crippen LogP contribution in [0.4, 0.5) is 4.39 Å². The molecule has 10 heavy (non-hydrogen) atoms. The molecule has 0 unspecified atom stereocenters. The molecule has 0 N–H and O–H groups in total. The summed E-state index contributed by atoms with van der Waals surface area (Å²) < 4.78 is 12.9. The average molecular weight is 158 g/mol. The Morgan fingerprint density at radius 2 is 2.50 bits per heavy atom. The smallest absolute Gasteiger partial charge is 0.104 e. The van der Waals surface area contributed by atoms with Crippen molar-refractivity contribution in [3.8, 4) is 0 Å². The Morgan fingerprint density at radius 3 is 3.10 bits per heavy atom. The van der Waals surface area contributed by atoms with Gasteiger partial charge in [-0.1, -0.05) is 12.2 Å². The van der Waals surface area contributed by atoms with Crippen LogP contribution in [-0.2, 0) is 0 Å². The Balaban J connectivity index is 2.60. The predicted octanol–water partition coefficient (Wildman–Crippen LogP) is 2.92. The van der Waals surface area contributed by atoms with Crippen LogP contribution in [0.1, 0.15) is 12.8 Å². The van der Waals surface area contributed by atoms with Crippen molar-refractivity contribution in [2.75, 3.05) is 12.0 Å². The highest BCUT2D eigenvalue weighted by molar-refractivity contribution is 7.98. The molecule has 0 spiro atoms. The van der Waals surface area contributed by atoms with E-state index in [2.05, 4.69) is 0 Å². The lowest BCUT2D eigenvalue weighted by molar-refractivity contribution is 0.578. The van der Waals surface area contributed by atoms with Crippen LogP contribution in [0.2, 0.25) is 0 Å². The van der Waals surface area contributed by atoms with Crippen molar-refractivity contribution in [1.82, 2.24) is 0 Å². The predicted molar refractivity (Wildman–Crippen MR) is 44.9 cm³/mol. The lowest BCUT2D eigenvalue weighted by Crippen LogP contribution is -1.92. The number of thioether (sulfide) groups is 1. The molecule has 0 aromatic carbocycles. The summed E-state index contributed by atoms with van der Waals surface area (Å²) in [7, 11) is 0. The molecule has 56 valence electrons. The fourth-order valence-corrected chi connectivity index (χ4v) is 1.53. The maximum Gasteiger partial charge on any atom is 0.104 e. The molecule has 0 aromatic rings. The molecule has 0 fully saturated rings. The molecule has 0 radical (unpaired) electrons. The molecule has 1 aliphatic carbocycles. The van der Waals surface area contributed by atoms with Gasteiger partial charge in [0.1, 0.15) is 5.83 Å². The number of rotatable bonds is 2. The SMILES string of the molecule is CSCC1=C(F)CCC=C1. The fraction of sp³-hybridized carbons (Fsp3) is 0.500. The number of hydrogen-bond donors (Lipinski definition) is 0. The van der Waals surface area contributed by atoms with Crippen LogP contribution < -0.4 is 0 Å². The third-order valence-electron chi connectivity index (χ3n) is 1.50. The molecule has 0 aliphatic heterocycles. The fourth-order valence-electron chi connectivity index (χ4n) is 0.969. The first-order valence-electron chi connectivity index (χ1n) is 3.37. The summed E-state index contributed by atoms with van der Waals surface area (Å²) in [4.78, 5) is 0. The third kappa shape index (κ3) is 1.87. The zero-order chi connectivity index (χ0) is 7.40. The number of allylic oxidation sites excluding steroid dienone is 3. The highest BCUT2D eigenvalue weighted by Gasteiger charge is 2.05.